The van der Waals surface area contributed by atoms with Crippen molar-refractivity contribution in [3.8, 4) is 17.0 Å². The van der Waals surface area contributed by atoms with E-state index in [4.69, 9.17) is 9.47 Å². The quantitative estimate of drug-likeness (QED) is 0.552. The first kappa shape index (κ1) is 20.3. The minimum atomic E-state index is -0.332. The van der Waals surface area contributed by atoms with Crippen molar-refractivity contribution in [1.29, 1.82) is 0 Å². The van der Waals surface area contributed by atoms with Crippen LogP contribution < -0.4 is 10.1 Å². The third-order valence-corrected chi connectivity index (χ3v) is 5.87. The molecule has 1 unspecified atom stereocenters. The van der Waals surface area contributed by atoms with Gasteiger partial charge in [0.2, 0.25) is 0 Å². The largest absolute Gasteiger partial charge is 0.490 e. The number of para-hydroxylation sites is 1. The normalized spacial score (nSPS) is 15.7. The van der Waals surface area contributed by atoms with Gasteiger partial charge < -0.3 is 9.47 Å². The highest BCUT2D eigenvalue weighted by molar-refractivity contribution is 7.18. The third kappa shape index (κ3) is 4.58. The number of carbonyl (C=O) groups excluding carboxylic acids is 2. The summed E-state index contributed by atoms with van der Waals surface area (Å²) in [6, 6.07) is 16.5. The summed E-state index contributed by atoms with van der Waals surface area (Å²) in [6.45, 7) is 2.66. The van der Waals surface area contributed by atoms with Gasteiger partial charge in [-0.1, -0.05) is 53.8 Å². The van der Waals surface area contributed by atoms with Gasteiger partial charge in [0, 0.05) is 19.1 Å². The molecule has 2 heterocycles. The van der Waals surface area contributed by atoms with Crippen molar-refractivity contribution < 1.29 is 19.1 Å². The first-order valence-corrected chi connectivity index (χ1v) is 10.7. The number of aromatic nitrogens is 1. The summed E-state index contributed by atoms with van der Waals surface area (Å²) >= 11 is 1.17. The fourth-order valence-corrected chi connectivity index (χ4v) is 4.18. The molecule has 1 aliphatic rings. The molecule has 1 aromatic heterocycles. The molecule has 1 aliphatic heterocycles. The monoisotopic (exact) mass is 422 g/mol. The van der Waals surface area contributed by atoms with Crippen molar-refractivity contribution in [3.05, 3.63) is 65.0 Å². The smallest absolute Gasteiger partial charge is 0.261 e. The van der Waals surface area contributed by atoms with E-state index in [1.807, 2.05) is 36.4 Å². The van der Waals surface area contributed by atoms with E-state index in [0.29, 0.717) is 33.6 Å². The van der Waals surface area contributed by atoms with Gasteiger partial charge in [0.05, 0.1) is 22.2 Å². The number of benzene rings is 2. The number of hydrogen-bond donors (Lipinski definition) is 1. The summed E-state index contributed by atoms with van der Waals surface area (Å²) in [5, 5.41) is 3.19. The van der Waals surface area contributed by atoms with Crippen molar-refractivity contribution in [2.45, 2.75) is 25.9 Å². The Balaban J connectivity index is 1.54. The fourth-order valence-electron chi connectivity index (χ4n) is 3.31. The van der Waals surface area contributed by atoms with Crippen molar-refractivity contribution in [3.63, 3.8) is 0 Å². The molecule has 0 saturated carbocycles. The van der Waals surface area contributed by atoms with Crippen LogP contribution in [0.1, 0.15) is 39.8 Å². The minimum absolute atomic E-state index is 0.0617. The number of ether oxygens (including phenoxy) is 2. The average molecular weight is 423 g/mol. The summed E-state index contributed by atoms with van der Waals surface area (Å²) in [7, 11) is 0. The molecule has 1 saturated heterocycles. The number of carbonyl (C=O) groups is 2. The van der Waals surface area contributed by atoms with Gasteiger partial charge in [-0.25, -0.2) is 4.98 Å². The Morgan fingerprint density at radius 1 is 1.17 bits per heavy atom. The number of nitrogens with one attached hydrogen (secondary N) is 1. The highest BCUT2D eigenvalue weighted by Gasteiger charge is 2.21. The lowest BCUT2D eigenvalue weighted by molar-refractivity contribution is 0.0673. The third-order valence-electron chi connectivity index (χ3n) is 4.80. The molecular weight excluding hydrogens is 400 g/mol. The van der Waals surface area contributed by atoms with Crippen LogP contribution in [0.25, 0.3) is 11.3 Å². The van der Waals surface area contributed by atoms with Crippen LogP contribution in [0.4, 0.5) is 5.13 Å². The standard InChI is InChI=1S/C23H22N2O4S/c1-15(26)21-20(16-8-3-2-4-9-16)24-23(30-21)25-22(27)18-11-5-6-12-19(18)29-14-17-10-7-13-28-17/h2-6,8-9,11-12,17H,7,10,13-14H2,1H3,(H,24,25,27). The number of Topliss-reactive ketones (excluding diaryl/α,β-unsaturated/α-hetero) is 1. The van der Waals surface area contributed by atoms with Gasteiger partial charge in [0.1, 0.15) is 12.4 Å². The lowest BCUT2D eigenvalue weighted by atomic mass is 10.1. The predicted octanol–water partition coefficient (Wildman–Crippen LogP) is 4.82. The summed E-state index contributed by atoms with van der Waals surface area (Å²) in [6.07, 6.45) is 2.05. The fraction of sp³-hybridized carbons (Fsp3) is 0.261. The van der Waals surface area contributed by atoms with E-state index < -0.39 is 0 Å². The molecule has 3 aromatic rings. The molecular formula is C23H22N2O4S. The van der Waals surface area contributed by atoms with Crippen LogP contribution in [0.2, 0.25) is 0 Å². The van der Waals surface area contributed by atoms with Gasteiger partial charge in [-0.15, -0.1) is 0 Å². The van der Waals surface area contributed by atoms with Gasteiger partial charge >= 0.3 is 0 Å². The summed E-state index contributed by atoms with van der Waals surface area (Å²) in [4.78, 5) is 30.0. The second-order valence-electron chi connectivity index (χ2n) is 7.02. The molecule has 4 rings (SSSR count). The van der Waals surface area contributed by atoms with E-state index in [1.165, 1.54) is 18.3 Å². The molecule has 30 heavy (non-hydrogen) atoms. The maximum absolute atomic E-state index is 12.9. The topological polar surface area (TPSA) is 77.5 Å². The Morgan fingerprint density at radius 2 is 1.93 bits per heavy atom. The lowest BCUT2D eigenvalue weighted by Gasteiger charge is -2.14. The molecule has 6 nitrogen and oxygen atoms in total. The van der Waals surface area contributed by atoms with E-state index in [0.717, 1.165) is 25.0 Å². The Morgan fingerprint density at radius 3 is 2.67 bits per heavy atom. The summed E-state index contributed by atoms with van der Waals surface area (Å²) in [5.74, 6) is 0.0747. The molecule has 0 aliphatic carbocycles. The highest BCUT2D eigenvalue weighted by Crippen LogP contribution is 2.32. The molecule has 1 atom stereocenters. The molecule has 1 amide bonds. The molecule has 154 valence electrons. The van der Waals surface area contributed by atoms with Crippen molar-refractivity contribution in [2.75, 3.05) is 18.5 Å². The van der Waals surface area contributed by atoms with Crippen LogP contribution in [0, 0.1) is 0 Å². The average Bonchev–Trinajstić information content (AvgIpc) is 3.43. The zero-order valence-electron chi connectivity index (χ0n) is 16.6. The molecule has 0 spiro atoms. The Hall–Kier alpha value is -3.03. The zero-order chi connectivity index (χ0) is 20.9. The molecule has 7 heteroatoms. The van der Waals surface area contributed by atoms with Gasteiger partial charge in [0.25, 0.3) is 5.91 Å². The number of rotatable bonds is 7. The van der Waals surface area contributed by atoms with Crippen LogP contribution in [0.3, 0.4) is 0 Å². The Labute approximate surface area is 178 Å². The van der Waals surface area contributed by atoms with Crippen LogP contribution in [-0.4, -0.2) is 36.0 Å². The maximum Gasteiger partial charge on any atom is 0.261 e. The van der Waals surface area contributed by atoms with E-state index >= 15 is 0 Å². The molecule has 1 fully saturated rings. The van der Waals surface area contributed by atoms with Gasteiger partial charge in [-0.2, -0.15) is 0 Å². The zero-order valence-corrected chi connectivity index (χ0v) is 17.4. The van der Waals surface area contributed by atoms with Crippen LogP contribution >= 0.6 is 11.3 Å². The first-order chi connectivity index (χ1) is 14.6. The SMILES string of the molecule is CC(=O)c1sc(NC(=O)c2ccccc2OCC2CCCO2)nc1-c1ccccc1. The number of amides is 1. The number of hydrogen-bond acceptors (Lipinski definition) is 6. The van der Waals surface area contributed by atoms with E-state index in [-0.39, 0.29) is 17.8 Å². The highest BCUT2D eigenvalue weighted by atomic mass is 32.1. The first-order valence-electron chi connectivity index (χ1n) is 9.84. The van der Waals surface area contributed by atoms with Gasteiger partial charge in [-0.05, 0) is 25.0 Å². The number of nitrogens with zero attached hydrogens (tertiary/aromatic N) is 1. The van der Waals surface area contributed by atoms with Crippen LogP contribution in [0.5, 0.6) is 5.75 Å². The number of thiazole rings is 1. The summed E-state index contributed by atoms with van der Waals surface area (Å²) < 4.78 is 11.4. The Kier molecular flexibility index (Phi) is 6.21. The molecule has 1 N–H and O–H groups in total. The lowest BCUT2D eigenvalue weighted by Crippen LogP contribution is -2.19. The summed E-state index contributed by atoms with van der Waals surface area (Å²) in [5.41, 5.74) is 1.82. The number of ketones is 1. The minimum Gasteiger partial charge on any atom is -0.490 e. The van der Waals surface area contributed by atoms with Crippen LogP contribution in [-0.2, 0) is 4.74 Å². The number of anilines is 1. The van der Waals surface area contributed by atoms with Crippen molar-refractivity contribution in [2.24, 2.45) is 0 Å². The predicted molar refractivity (Wildman–Crippen MR) is 116 cm³/mol. The maximum atomic E-state index is 12.9. The van der Waals surface area contributed by atoms with Crippen LogP contribution in [0.15, 0.2) is 54.6 Å². The van der Waals surface area contributed by atoms with Crippen molar-refractivity contribution >= 4 is 28.2 Å². The van der Waals surface area contributed by atoms with Crippen molar-refractivity contribution in [1.82, 2.24) is 4.98 Å². The van der Waals surface area contributed by atoms with E-state index in [1.54, 1.807) is 18.2 Å². The van der Waals surface area contributed by atoms with E-state index in [2.05, 4.69) is 10.3 Å². The molecule has 0 bridgehead atoms. The molecule has 2 aromatic carbocycles. The molecule has 0 radical (unpaired) electrons. The second-order valence-corrected chi connectivity index (χ2v) is 8.01. The second kappa shape index (κ2) is 9.19. The van der Waals surface area contributed by atoms with Gasteiger partial charge in [0.15, 0.2) is 10.9 Å². The van der Waals surface area contributed by atoms with Gasteiger partial charge in [-0.3, -0.25) is 14.9 Å². The Bertz CT molecular complexity index is 1040. The van der Waals surface area contributed by atoms with E-state index in [9.17, 15) is 9.59 Å².